The van der Waals surface area contributed by atoms with Crippen LogP contribution in [0.4, 0.5) is 0 Å². The molecular weight excluding hydrogens is 344 g/mol. The molecule has 0 aliphatic rings. The summed E-state index contributed by atoms with van der Waals surface area (Å²) in [6.07, 6.45) is 11.5. The lowest BCUT2D eigenvalue weighted by molar-refractivity contribution is 0.0706. The lowest BCUT2D eigenvalue weighted by Crippen LogP contribution is -2.45. The lowest BCUT2D eigenvalue weighted by atomic mass is 10.1. The van der Waals surface area contributed by atoms with Crippen molar-refractivity contribution in [2.24, 2.45) is 0 Å². The fourth-order valence-corrected chi connectivity index (χ4v) is 5.72. The minimum Gasteiger partial charge on any atom is -0.377 e. The third-order valence-electron chi connectivity index (χ3n) is 4.21. The van der Waals surface area contributed by atoms with Crippen LogP contribution in [0.2, 0.25) is 6.04 Å². The van der Waals surface area contributed by atoms with E-state index in [1.807, 2.05) is 27.7 Å². The van der Waals surface area contributed by atoms with Gasteiger partial charge in [0.1, 0.15) is 0 Å². The maximum Gasteiger partial charge on any atom is 0.500 e. The van der Waals surface area contributed by atoms with Gasteiger partial charge in [-0.25, -0.2) is 0 Å². The quantitative estimate of drug-likeness (QED) is 0.143. The van der Waals surface area contributed by atoms with Gasteiger partial charge in [0.25, 0.3) is 0 Å². The van der Waals surface area contributed by atoms with Crippen molar-refractivity contribution in [1.29, 1.82) is 0 Å². The SMILES string of the molecule is C=C(C)COCCCCCCCCCCC[Si](OCC)(OCC)OCC. The smallest absolute Gasteiger partial charge is 0.377 e. The van der Waals surface area contributed by atoms with Crippen molar-refractivity contribution in [1.82, 2.24) is 0 Å². The van der Waals surface area contributed by atoms with E-state index in [4.69, 9.17) is 18.0 Å². The maximum absolute atomic E-state index is 5.90. The van der Waals surface area contributed by atoms with Gasteiger partial charge < -0.3 is 18.0 Å². The van der Waals surface area contributed by atoms with Crippen LogP contribution < -0.4 is 0 Å². The number of ether oxygens (including phenoxy) is 1. The molecule has 0 unspecified atom stereocenters. The van der Waals surface area contributed by atoms with E-state index in [1.54, 1.807) is 0 Å². The molecule has 0 aromatic heterocycles. The zero-order chi connectivity index (χ0) is 19.5. The molecule has 0 saturated carbocycles. The molecule has 0 atom stereocenters. The van der Waals surface area contributed by atoms with Gasteiger partial charge in [-0.1, -0.05) is 57.1 Å². The van der Waals surface area contributed by atoms with Gasteiger partial charge in [-0.05, 0) is 40.5 Å². The first kappa shape index (κ1) is 25.8. The Labute approximate surface area is 164 Å². The van der Waals surface area contributed by atoms with E-state index in [0.29, 0.717) is 26.4 Å². The molecular formula is C21H44O4Si. The van der Waals surface area contributed by atoms with Crippen LogP contribution in [0.5, 0.6) is 0 Å². The number of hydrogen-bond donors (Lipinski definition) is 0. The third-order valence-corrected chi connectivity index (χ3v) is 7.36. The molecule has 156 valence electrons. The molecule has 0 aromatic rings. The highest BCUT2D eigenvalue weighted by molar-refractivity contribution is 6.60. The molecule has 4 nitrogen and oxygen atoms in total. The lowest BCUT2D eigenvalue weighted by Gasteiger charge is -2.28. The molecule has 0 rings (SSSR count). The van der Waals surface area contributed by atoms with Gasteiger partial charge in [0.2, 0.25) is 0 Å². The minimum absolute atomic E-state index is 0.671. The molecule has 0 aliphatic heterocycles. The van der Waals surface area contributed by atoms with Gasteiger partial charge in [-0.2, -0.15) is 0 Å². The van der Waals surface area contributed by atoms with Crippen molar-refractivity contribution in [3.8, 4) is 0 Å². The Bertz CT molecular complexity index is 306. The van der Waals surface area contributed by atoms with Gasteiger partial charge in [0.05, 0.1) is 6.61 Å². The second-order valence-corrected chi connectivity index (χ2v) is 9.66. The number of unbranched alkanes of at least 4 members (excludes halogenated alkanes) is 8. The topological polar surface area (TPSA) is 36.9 Å². The molecule has 0 saturated heterocycles. The summed E-state index contributed by atoms with van der Waals surface area (Å²) in [6, 6.07) is 0.951. The van der Waals surface area contributed by atoms with Gasteiger partial charge in [0.15, 0.2) is 0 Å². The van der Waals surface area contributed by atoms with E-state index in [1.165, 1.54) is 51.4 Å². The summed E-state index contributed by atoms with van der Waals surface area (Å²) in [5, 5.41) is 0. The average molecular weight is 389 g/mol. The molecule has 26 heavy (non-hydrogen) atoms. The van der Waals surface area contributed by atoms with E-state index in [-0.39, 0.29) is 0 Å². The van der Waals surface area contributed by atoms with Crippen LogP contribution >= 0.6 is 0 Å². The first-order valence-electron chi connectivity index (χ1n) is 10.7. The first-order chi connectivity index (χ1) is 12.6. The Hall–Kier alpha value is -0.203. The molecule has 0 bridgehead atoms. The van der Waals surface area contributed by atoms with Crippen LogP contribution in [0.1, 0.15) is 85.5 Å². The van der Waals surface area contributed by atoms with Crippen molar-refractivity contribution in [3.63, 3.8) is 0 Å². The summed E-state index contributed by atoms with van der Waals surface area (Å²) in [4.78, 5) is 0. The van der Waals surface area contributed by atoms with Crippen molar-refractivity contribution in [2.75, 3.05) is 33.0 Å². The molecule has 0 heterocycles. The standard InChI is InChI=1S/C21H44O4Si/c1-6-23-26(24-7-2,25-8-3)19-17-15-13-11-9-10-12-14-16-18-22-20-21(4)5/h4,6-20H2,1-3,5H3. The predicted octanol–water partition coefficient (Wildman–Crippen LogP) is 6.14. The molecule has 0 spiro atoms. The normalized spacial score (nSPS) is 11.8. The van der Waals surface area contributed by atoms with Gasteiger partial charge in [0, 0.05) is 32.5 Å². The van der Waals surface area contributed by atoms with E-state index >= 15 is 0 Å². The Morgan fingerprint density at radius 3 is 1.54 bits per heavy atom. The molecule has 0 aromatic carbocycles. The third kappa shape index (κ3) is 14.9. The highest BCUT2D eigenvalue weighted by atomic mass is 28.4. The summed E-state index contributed by atoms with van der Waals surface area (Å²) in [7, 11) is -2.42. The monoisotopic (exact) mass is 388 g/mol. The molecule has 0 fully saturated rings. The molecule has 0 radical (unpaired) electrons. The van der Waals surface area contributed by atoms with Gasteiger partial charge >= 0.3 is 8.80 Å². The Morgan fingerprint density at radius 2 is 1.12 bits per heavy atom. The van der Waals surface area contributed by atoms with Crippen molar-refractivity contribution in [2.45, 2.75) is 91.5 Å². The largest absolute Gasteiger partial charge is 0.500 e. The second kappa shape index (κ2) is 18.2. The summed E-state index contributed by atoms with van der Waals surface area (Å²) >= 11 is 0. The summed E-state index contributed by atoms with van der Waals surface area (Å²) in [5.41, 5.74) is 1.11. The van der Waals surface area contributed by atoms with E-state index in [0.717, 1.165) is 24.6 Å². The Morgan fingerprint density at radius 1 is 0.692 bits per heavy atom. The van der Waals surface area contributed by atoms with E-state index in [9.17, 15) is 0 Å². The first-order valence-corrected chi connectivity index (χ1v) is 12.7. The summed E-state index contributed by atoms with van der Waals surface area (Å²) in [6.45, 7) is 15.5. The zero-order valence-corrected chi connectivity index (χ0v) is 18.9. The average Bonchev–Trinajstić information content (AvgIpc) is 2.59. The van der Waals surface area contributed by atoms with E-state index < -0.39 is 8.80 Å². The van der Waals surface area contributed by atoms with Gasteiger partial charge in [-0.15, -0.1) is 0 Å². The Kier molecular flexibility index (Phi) is 18.0. The van der Waals surface area contributed by atoms with E-state index in [2.05, 4.69) is 6.58 Å². The second-order valence-electron chi connectivity index (χ2n) is 6.92. The van der Waals surface area contributed by atoms with Crippen LogP contribution in [-0.4, -0.2) is 41.8 Å². The number of hydrogen-bond acceptors (Lipinski definition) is 4. The fourth-order valence-electron chi connectivity index (χ4n) is 3.03. The summed E-state index contributed by atoms with van der Waals surface area (Å²) in [5.74, 6) is 0. The fraction of sp³-hybridized carbons (Fsp3) is 0.905. The minimum atomic E-state index is -2.42. The van der Waals surface area contributed by atoms with Crippen LogP contribution in [-0.2, 0) is 18.0 Å². The van der Waals surface area contributed by atoms with Crippen LogP contribution in [0.3, 0.4) is 0 Å². The van der Waals surface area contributed by atoms with Crippen molar-refractivity contribution >= 4 is 8.80 Å². The molecule has 5 heteroatoms. The van der Waals surface area contributed by atoms with Gasteiger partial charge in [-0.3, -0.25) is 0 Å². The van der Waals surface area contributed by atoms with Crippen LogP contribution in [0.25, 0.3) is 0 Å². The van der Waals surface area contributed by atoms with Crippen LogP contribution in [0.15, 0.2) is 12.2 Å². The molecule has 0 N–H and O–H groups in total. The van der Waals surface area contributed by atoms with Crippen molar-refractivity contribution in [3.05, 3.63) is 12.2 Å². The molecule has 0 amide bonds. The number of rotatable bonds is 20. The zero-order valence-electron chi connectivity index (χ0n) is 17.9. The predicted molar refractivity (Wildman–Crippen MR) is 113 cm³/mol. The molecule has 0 aliphatic carbocycles. The maximum atomic E-state index is 5.90. The highest BCUT2D eigenvalue weighted by Crippen LogP contribution is 2.21. The van der Waals surface area contributed by atoms with Crippen molar-refractivity contribution < 1.29 is 18.0 Å². The highest BCUT2D eigenvalue weighted by Gasteiger charge is 2.39. The summed E-state index contributed by atoms with van der Waals surface area (Å²) < 4.78 is 23.2. The van der Waals surface area contributed by atoms with Crippen LogP contribution in [0, 0.1) is 0 Å². The Balaban J connectivity index is 3.56.